The number of aromatic nitrogens is 4. The molecule has 0 amide bonds. The van der Waals surface area contributed by atoms with E-state index in [1.807, 2.05) is 0 Å². The average Bonchev–Trinajstić information content (AvgIpc) is 3.22. The summed E-state index contributed by atoms with van der Waals surface area (Å²) in [6.45, 7) is 6.37. The third-order valence-electron chi connectivity index (χ3n) is 3.67. The number of nitro benzene ring substituents is 1. The fourth-order valence-electron chi connectivity index (χ4n) is 2.38. The summed E-state index contributed by atoms with van der Waals surface area (Å²) in [4.78, 5) is 18.9. The molecule has 2 aromatic heterocycles. The van der Waals surface area contributed by atoms with E-state index in [1.54, 1.807) is 17.1 Å². The number of aromatic hydroxyl groups is 1. The van der Waals surface area contributed by atoms with E-state index in [4.69, 9.17) is 0 Å². The third-order valence-corrected chi connectivity index (χ3v) is 4.67. The molecule has 0 aliphatic heterocycles. The van der Waals surface area contributed by atoms with E-state index in [-0.39, 0.29) is 23.4 Å². The van der Waals surface area contributed by atoms with Gasteiger partial charge < -0.3 is 10.4 Å². The lowest BCUT2D eigenvalue weighted by molar-refractivity contribution is -0.385. The van der Waals surface area contributed by atoms with Crippen LogP contribution in [0.15, 0.2) is 30.9 Å². The largest absolute Gasteiger partial charge is 0.502 e. The molecule has 3 aromatic rings. The number of anilines is 1. The maximum atomic E-state index is 10.9. The quantitative estimate of drug-likeness (QED) is 0.519. The summed E-state index contributed by atoms with van der Waals surface area (Å²) in [6, 6.07) is 4.44. The standard InChI is InChI=1S/C16H18N6O3S/c1-16(2,3)13-14(21-9-17-8-19-21)26-15(20-13)18-7-10-5-4-6-11(12(10)23)22(24)25/h4-6,8-9,23H,7H2,1-3H3,(H,18,20). The lowest BCUT2D eigenvalue weighted by atomic mass is 9.92. The average molecular weight is 374 g/mol. The van der Waals surface area contributed by atoms with Crippen LogP contribution >= 0.6 is 11.3 Å². The summed E-state index contributed by atoms with van der Waals surface area (Å²) in [5.41, 5.74) is 0.765. The Bertz CT molecular complexity index is 930. The van der Waals surface area contributed by atoms with Gasteiger partial charge in [0, 0.05) is 23.6 Å². The molecule has 136 valence electrons. The van der Waals surface area contributed by atoms with Gasteiger partial charge in [0.15, 0.2) is 10.9 Å². The summed E-state index contributed by atoms with van der Waals surface area (Å²) >= 11 is 1.40. The van der Waals surface area contributed by atoms with Crippen LogP contribution < -0.4 is 5.32 Å². The molecule has 0 aliphatic carbocycles. The number of phenolic OH excluding ortho intramolecular Hbond substituents is 1. The van der Waals surface area contributed by atoms with Crippen LogP contribution in [0.25, 0.3) is 5.00 Å². The molecule has 0 saturated heterocycles. The number of hydrogen-bond donors (Lipinski definition) is 2. The van der Waals surface area contributed by atoms with Gasteiger partial charge in [0.2, 0.25) is 0 Å². The van der Waals surface area contributed by atoms with Gasteiger partial charge in [0.1, 0.15) is 17.7 Å². The molecular weight excluding hydrogens is 356 g/mol. The monoisotopic (exact) mass is 374 g/mol. The second kappa shape index (κ2) is 6.71. The smallest absolute Gasteiger partial charge is 0.311 e. The van der Waals surface area contributed by atoms with Gasteiger partial charge in [0.25, 0.3) is 0 Å². The Morgan fingerprint density at radius 2 is 2.15 bits per heavy atom. The van der Waals surface area contributed by atoms with E-state index in [1.165, 1.54) is 29.8 Å². The van der Waals surface area contributed by atoms with Crippen LogP contribution in [0.5, 0.6) is 5.75 Å². The fraction of sp³-hybridized carbons (Fsp3) is 0.312. The van der Waals surface area contributed by atoms with Gasteiger partial charge in [-0.3, -0.25) is 10.1 Å². The highest BCUT2D eigenvalue weighted by Gasteiger charge is 2.25. The van der Waals surface area contributed by atoms with E-state index in [0.29, 0.717) is 10.7 Å². The molecule has 0 aliphatic rings. The SMILES string of the molecule is CC(C)(C)c1nc(NCc2cccc([N+](=O)[O-])c2O)sc1-n1cncn1. The third kappa shape index (κ3) is 3.49. The second-order valence-electron chi connectivity index (χ2n) is 6.66. The number of nitro groups is 1. The second-order valence-corrected chi connectivity index (χ2v) is 7.64. The fourth-order valence-corrected chi connectivity index (χ4v) is 3.48. The zero-order valence-corrected chi connectivity index (χ0v) is 15.3. The lowest BCUT2D eigenvalue weighted by Gasteiger charge is -2.16. The number of phenols is 1. The van der Waals surface area contributed by atoms with Crippen molar-refractivity contribution in [1.82, 2.24) is 19.7 Å². The van der Waals surface area contributed by atoms with Gasteiger partial charge in [-0.15, -0.1) is 0 Å². The highest BCUT2D eigenvalue weighted by atomic mass is 32.1. The van der Waals surface area contributed by atoms with E-state index in [0.717, 1.165) is 10.7 Å². The number of rotatable bonds is 5. The first-order valence-electron chi connectivity index (χ1n) is 7.83. The molecule has 0 unspecified atom stereocenters. The minimum Gasteiger partial charge on any atom is -0.502 e. The van der Waals surface area contributed by atoms with Crippen LogP contribution in [0.4, 0.5) is 10.8 Å². The predicted octanol–water partition coefficient (Wildman–Crippen LogP) is 3.25. The van der Waals surface area contributed by atoms with E-state index in [2.05, 4.69) is 41.2 Å². The summed E-state index contributed by atoms with van der Waals surface area (Å²) in [6.07, 6.45) is 3.07. The van der Waals surface area contributed by atoms with Crippen molar-refractivity contribution in [2.75, 3.05) is 5.32 Å². The van der Waals surface area contributed by atoms with E-state index in [9.17, 15) is 15.2 Å². The summed E-state index contributed by atoms with van der Waals surface area (Å²) in [5.74, 6) is -0.339. The first-order chi connectivity index (χ1) is 12.3. The molecule has 0 radical (unpaired) electrons. The van der Waals surface area contributed by atoms with E-state index >= 15 is 0 Å². The normalized spacial score (nSPS) is 11.5. The Hall–Kier alpha value is -3.01. The molecule has 0 bridgehead atoms. The van der Waals surface area contributed by atoms with Crippen LogP contribution in [0.3, 0.4) is 0 Å². The molecule has 1 aromatic carbocycles. The van der Waals surface area contributed by atoms with E-state index < -0.39 is 4.92 Å². The zero-order valence-electron chi connectivity index (χ0n) is 14.5. The molecule has 0 saturated carbocycles. The Balaban J connectivity index is 1.88. The minimum absolute atomic E-state index is 0.203. The number of thiazole rings is 1. The Labute approximate surface area is 153 Å². The first kappa shape index (κ1) is 17.8. The highest BCUT2D eigenvalue weighted by Crippen LogP contribution is 2.35. The molecule has 2 N–H and O–H groups in total. The van der Waals surface area contributed by atoms with Gasteiger partial charge in [-0.05, 0) is 0 Å². The van der Waals surface area contributed by atoms with Gasteiger partial charge in [-0.1, -0.05) is 44.2 Å². The molecule has 9 nitrogen and oxygen atoms in total. The molecule has 26 heavy (non-hydrogen) atoms. The van der Waals surface area contributed by atoms with Crippen molar-refractivity contribution in [3.8, 4) is 10.8 Å². The number of nitrogens with zero attached hydrogens (tertiary/aromatic N) is 5. The highest BCUT2D eigenvalue weighted by molar-refractivity contribution is 7.18. The van der Waals surface area contributed by atoms with Gasteiger partial charge in [-0.25, -0.2) is 14.6 Å². The molecule has 0 spiro atoms. The minimum atomic E-state index is -0.608. The van der Waals surface area contributed by atoms with Crippen molar-refractivity contribution in [3.63, 3.8) is 0 Å². The van der Waals surface area contributed by atoms with Crippen molar-refractivity contribution < 1.29 is 10.0 Å². The Morgan fingerprint density at radius 1 is 1.38 bits per heavy atom. The summed E-state index contributed by atoms with van der Waals surface area (Å²) in [7, 11) is 0. The molecule has 2 heterocycles. The topological polar surface area (TPSA) is 119 Å². The first-order valence-corrected chi connectivity index (χ1v) is 8.64. The maximum Gasteiger partial charge on any atom is 0.311 e. The number of nitrogens with one attached hydrogen (secondary N) is 1. The van der Waals surface area contributed by atoms with Crippen LogP contribution in [-0.4, -0.2) is 29.8 Å². The lowest BCUT2D eigenvalue weighted by Crippen LogP contribution is -2.15. The molecule has 0 fully saturated rings. The predicted molar refractivity (Wildman–Crippen MR) is 97.8 cm³/mol. The summed E-state index contributed by atoms with van der Waals surface area (Å²) in [5, 5.41) is 29.8. The van der Waals surface area contributed by atoms with Crippen molar-refractivity contribution >= 4 is 22.2 Å². The van der Waals surface area contributed by atoms with Crippen molar-refractivity contribution in [2.24, 2.45) is 0 Å². The van der Waals surface area contributed by atoms with Crippen molar-refractivity contribution in [1.29, 1.82) is 0 Å². The van der Waals surface area contributed by atoms with Gasteiger partial charge in [-0.2, -0.15) is 5.10 Å². The molecule has 0 atom stereocenters. The van der Waals surface area contributed by atoms with Crippen molar-refractivity contribution in [2.45, 2.75) is 32.7 Å². The van der Waals surface area contributed by atoms with Crippen molar-refractivity contribution in [3.05, 3.63) is 52.2 Å². The van der Waals surface area contributed by atoms with Gasteiger partial charge >= 0.3 is 5.69 Å². The van der Waals surface area contributed by atoms with Crippen LogP contribution in [-0.2, 0) is 12.0 Å². The number of benzene rings is 1. The maximum absolute atomic E-state index is 10.9. The van der Waals surface area contributed by atoms with Crippen LogP contribution in [0.2, 0.25) is 0 Å². The Kier molecular flexibility index (Phi) is 4.60. The molecule has 10 heteroatoms. The van der Waals surface area contributed by atoms with Crippen LogP contribution in [0, 0.1) is 10.1 Å². The Morgan fingerprint density at radius 3 is 2.77 bits per heavy atom. The number of para-hydroxylation sites is 1. The molecule has 3 rings (SSSR count). The zero-order chi connectivity index (χ0) is 18.9. The molecular formula is C16H18N6O3S. The number of hydrogen-bond acceptors (Lipinski definition) is 8. The summed E-state index contributed by atoms with van der Waals surface area (Å²) < 4.78 is 1.66. The van der Waals surface area contributed by atoms with Gasteiger partial charge in [0.05, 0.1) is 10.6 Å². The van der Waals surface area contributed by atoms with Crippen LogP contribution in [0.1, 0.15) is 32.0 Å².